The van der Waals surface area contributed by atoms with Gasteiger partial charge in [0.05, 0.1) is 5.56 Å². The van der Waals surface area contributed by atoms with E-state index < -0.39 is 11.9 Å². The van der Waals surface area contributed by atoms with Gasteiger partial charge in [0.15, 0.2) is 6.61 Å². The first-order valence-electron chi connectivity index (χ1n) is 8.74. The van der Waals surface area contributed by atoms with Gasteiger partial charge in [-0.2, -0.15) is 0 Å². The molecule has 0 aromatic heterocycles. The summed E-state index contributed by atoms with van der Waals surface area (Å²) >= 11 is 0. The van der Waals surface area contributed by atoms with E-state index in [0.29, 0.717) is 22.7 Å². The van der Waals surface area contributed by atoms with Crippen LogP contribution in [0.25, 0.3) is 0 Å². The minimum Gasteiger partial charge on any atom is -0.484 e. The van der Waals surface area contributed by atoms with Crippen molar-refractivity contribution >= 4 is 29.2 Å². The fourth-order valence-electron chi connectivity index (χ4n) is 2.53. The minimum atomic E-state index is -1.08. The Bertz CT molecular complexity index is 1030. The Kier molecular flexibility index (Phi) is 6.22. The van der Waals surface area contributed by atoms with E-state index in [-0.39, 0.29) is 18.1 Å². The van der Waals surface area contributed by atoms with E-state index in [1.54, 1.807) is 60.7 Å². The van der Waals surface area contributed by atoms with Crippen LogP contribution >= 0.6 is 0 Å². The molecule has 0 spiro atoms. The molecular weight excluding hydrogens is 372 g/mol. The zero-order valence-electron chi connectivity index (χ0n) is 15.3. The molecule has 0 aliphatic carbocycles. The molecule has 0 unspecified atom stereocenters. The highest BCUT2D eigenvalue weighted by atomic mass is 16.5. The maximum Gasteiger partial charge on any atom is 0.335 e. The van der Waals surface area contributed by atoms with Gasteiger partial charge in [0.25, 0.3) is 11.8 Å². The largest absolute Gasteiger partial charge is 0.484 e. The second-order valence-electron chi connectivity index (χ2n) is 6.07. The van der Waals surface area contributed by atoms with Crippen molar-refractivity contribution in [2.45, 2.75) is 0 Å². The molecule has 0 atom stereocenters. The van der Waals surface area contributed by atoms with E-state index >= 15 is 0 Å². The van der Waals surface area contributed by atoms with Crippen LogP contribution in [-0.4, -0.2) is 29.5 Å². The van der Waals surface area contributed by atoms with E-state index in [1.165, 1.54) is 12.1 Å². The first kappa shape index (κ1) is 19.6. The second-order valence-corrected chi connectivity index (χ2v) is 6.07. The zero-order valence-corrected chi connectivity index (χ0v) is 15.3. The van der Waals surface area contributed by atoms with Gasteiger partial charge in [0, 0.05) is 23.0 Å². The monoisotopic (exact) mass is 390 g/mol. The Morgan fingerprint density at radius 1 is 0.759 bits per heavy atom. The van der Waals surface area contributed by atoms with Gasteiger partial charge in [-0.3, -0.25) is 9.59 Å². The summed E-state index contributed by atoms with van der Waals surface area (Å²) in [5.74, 6) is -1.36. The highest BCUT2D eigenvalue weighted by molar-refractivity contribution is 6.04. The molecule has 0 radical (unpaired) electrons. The number of carbonyl (C=O) groups is 3. The molecule has 7 heteroatoms. The number of carboxylic acids is 1. The van der Waals surface area contributed by atoms with Crippen LogP contribution < -0.4 is 15.4 Å². The first-order valence-corrected chi connectivity index (χ1v) is 8.74. The molecular formula is C22H18N2O5. The van der Waals surface area contributed by atoms with Crippen LogP contribution in [0.3, 0.4) is 0 Å². The molecule has 0 heterocycles. The van der Waals surface area contributed by atoms with Crippen LogP contribution in [0.1, 0.15) is 20.7 Å². The minimum absolute atomic E-state index is 0.0746. The number of ether oxygens (including phenoxy) is 1. The van der Waals surface area contributed by atoms with E-state index in [1.807, 2.05) is 6.07 Å². The topological polar surface area (TPSA) is 105 Å². The summed E-state index contributed by atoms with van der Waals surface area (Å²) in [6.45, 7) is -0.270. The van der Waals surface area contributed by atoms with Crippen molar-refractivity contribution in [1.29, 1.82) is 0 Å². The van der Waals surface area contributed by atoms with Crippen molar-refractivity contribution < 1.29 is 24.2 Å². The molecule has 0 saturated carbocycles. The standard InChI is InChI=1S/C22H18N2O5/c25-20(23-17-9-4-8-16(12-17)22(27)28)14-29-19-11-5-10-18(13-19)24-21(26)15-6-2-1-3-7-15/h1-13H,14H2,(H,23,25)(H,24,26)(H,27,28). The van der Waals surface area contributed by atoms with Gasteiger partial charge in [0.1, 0.15) is 5.75 Å². The number of aromatic carboxylic acids is 1. The van der Waals surface area contributed by atoms with Crippen LogP contribution in [0, 0.1) is 0 Å². The molecule has 0 saturated heterocycles. The fourth-order valence-corrected chi connectivity index (χ4v) is 2.53. The van der Waals surface area contributed by atoms with Crippen molar-refractivity contribution in [1.82, 2.24) is 0 Å². The van der Waals surface area contributed by atoms with E-state index in [9.17, 15) is 14.4 Å². The molecule has 7 nitrogen and oxygen atoms in total. The third-order valence-corrected chi connectivity index (χ3v) is 3.89. The van der Waals surface area contributed by atoms with Crippen LogP contribution in [0.4, 0.5) is 11.4 Å². The lowest BCUT2D eigenvalue weighted by Gasteiger charge is -2.10. The van der Waals surface area contributed by atoms with Gasteiger partial charge in [-0.1, -0.05) is 30.3 Å². The van der Waals surface area contributed by atoms with E-state index in [4.69, 9.17) is 9.84 Å². The quantitative estimate of drug-likeness (QED) is 0.571. The summed E-state index contributed by atoms with van der Waals surface area (Å²) in [6.07, 6.45) is 0. The molecule has 3 rings (SSSR count). The maximum absolute atomic E-state index is 12.2. The van der Waals surface area contributed by atoms with Gasteiger partial charge in [-0.05, 0) is 42.5 Å². The SMILES string of the molecule is O=C(COc1cccc(NC(=O)c2ccccc2)c1)Nc1cccc(C(=O)O)c1. The van der Waals surface area contributed by atoms with Crippen LogP contribution in [-0.2, 0) is 4.79 Å². The van der Waals surface area contributed by atoms with Crippen LogP contribution in [0.2, 0.25) is 0 Å². The normalized spacial score (nSPS) is 10.1. The molecule has 29 heavy (non-hydrogen) atoms. The van der Waals surface area contributed by atoms with E-state index in [0.717, 1.165) is 0 Å². The highest BCUT2D eigenvalue weighted by Gasteiger charge is 2.09. The molecule has 3 N–H and O–H groups in total. The highest BCUT2D eigenvalue weighted by Crippen LogP contribution is 2.18. The Morgan fingerprint density at radius 2 is 1.41 bits per heavy atom. The average molecular weight is 390 g/mol. The second kappa shape index (κ2) is 9.18. The number of benzene rings is 3. The van der Waals surface area contributed by atoms with Gasteiger partial charge in [-0.15, -0.1) is 0 Å². The Labute approximate surface area is 166 Å². The number of hydrogen-bond acceptors (Lipinski definition) is 4. The summed E-state index contributed by atoms with van der Waals surface area (Å²) in [6, 6.07) is 21.4. The molecule has 0 fully saturated rings. The zero-order chi connectivity index (χ0) is 20.6. The molecule has 146 valence electrons. The van der Waals surface area contributed by atoms with Gasteiger partial charge >= 0.3 is 5.97 Å². The first-order chi connectivity index (χ1) is 14.0. The Hall–Kier alpha value is -4.13. The summed E-state index contributed by atoms with van der Waals surface area (Å²) in [7, 11) is 0. The van der Waals surface area contributed by atoms with Gasteiger partial charge < -0.3 is 20.5 Å². The summed E-state index contributed by atoms with van der Waals surface area (Å²) < 4.78 is 5.47. The molecule has 3 aromatic rings. The smallest absolute Gasteiger partial charge is 0.335 e. The van der Waals surface area contributed by atoms with E-state index in [2.05, 4.69) is 10.6 Å². The summed E-state index contributed by atoms with van der Waals surface area (Å²) in [4.78, 5) is 35.3. The van der Waals surface area contributed by atoms with Crippen LogP contribution in [0.15, 0.2) is 78.9 Å². The lowest BCUT2D eigenvalue weighted by atomic mass is 10.2. The molecule has 2 amide bonds. The number of carbonyl (C=O) groups excluding carboxylic acids is 2. The predicted molar refractivity (Wildman–Crippen MR) is 108 cm³/mol. The third-order valence-electron chi connectivity index (χ3n) is 3.89. The van der Waals surface area contributed by atoms with Gasteiger partial charge in [-0.25, -0.2) is 4.79 Å². The van der Waals surface area contributed by atoms with Crippen molar-refractivity contribution in [2.24, 2.45) is 0 Å². The van der Waals surface area contributed by atoms with Crippen LogP contribution in [0.5, 0.6) is 5.75 Å². The molecule has 0 aliphatic heterocycles. The summed E-state index contributed by atoms with van der Waals surface area (Å²) in [5, 5.41) is 14.3. The predicted octanol–water partition coefficient (Wildman–Crippen LogP) is 3.65. The number of rotatable bonds is 7. The third kappa shape index (κ3) is 5.67. The number of nitrogens with one attached hydrogen (secondary N) is 2. The van der Waals surface area contributed by atoms with Crippen molar-refractivity contribution in [2.75, 3.05) is 17.2 Å². The van der Waals surface area contributed by atoms with Crippen molar-refractivity contribution in [3.8, 4) is 5.75 Å². The molecule has 3 aromatic carbocycles. The average Bonchev–Trinajstić information content (AvgIpc) is 2.73. The van der Waals surface area contributed by atoms with Gasteiger partial charge in [0.2, 0.25) is 0 Å². The Morgan fingerprint density at radius 3 is 2.14 bits per heavy atom. The number of anilines is 2. The van der Waals surface area contributed by atoms with Crippen molar-refractivity contribution in [3.63, 3.8) is 0 Å². The lowest BCUT2D eigenvalue weighted by molar-refractivity contribution is -0.118. The maximum atomic E-state index is 12.2. The molecule has 0 bridgehead atoms. The lowest BCUT2D eigenvalue weighted by Crippen LogP contribution is -2.20. The van der Waals surface area contributed by atoms with Crippen molar-refractivity contribution in [3.05, 3.63) is 90.0 Å². The Balaban J connectivity index is 1.56. The number of hydrogen-bond donors (Lipinski definition) is 3. The number of carboxylic acid groups (broad SMARTS) is 1. The number of amides is 2. The summed E-state index contributed by atoms with van der Waals surface area (Å²) in [5.41, 5.74) is 1.50. The fraction of sp³-hybridized carbons (Fsp3) is 0.0455. The molecule has 0 aliphatic rings.